The minimum atomic E-state index is -0.297. The lowest BCUT2D eigenvalue weighted by Crippen LogP contribution is -2.31. The van der Waals surface area contributed by atoms with Crippen molar-refractivity contribution in [2.75, 3.05) is 16.8 Å². The van der Waals surface area contributed by atoms with Gasteiger partial charge in [0.25, 0.3) is 11.8 Å². The lowest BCUT2D eigenvalue weighted by atomic mass is 10.1. The molecule has 0 saturated carbocycles. The second-order valence-electron chi connectivity index (χ2n) is 6.35. The van der Waals surface area contributed by atoms with Crippen LogP contribution in [0.1, 0.15) is 40.1 Å². The Bertz CT molecular complexity index is 953. The van der Waals surface area contributed by atoms with E-state index in [1.165, 1.54) is 18.0 Å². The highest BCUT2D eigenvalue weighted by molar-refractivity contribution is 6.09. The quantitative estimate of drug-likeness (QED) is 0.689. The number of para-hydroxylation sites is 1. The molecule has 0 unspecified atom stereocenters. The number of rotatable bonds is 6. The summed E-state index contributed by atoms with van der Waals surface area (Å²) in [6.45, 7) is 4.51. The maximum Gasteiger partial charge on any atom is 0.259 e. The smallest absolute Gasteiger partial charge is 0.259 e. The molecule has 0 bridgehead atoms. The maximum absolute atomic E-state index is 12.9. The third kappa shape index (κ3) is 4.43. The summed E-state index contributed by atoms with van der Waals surface area (Å²) in [5.41, 5.74) is 3.43. The number of hydrogen-bond acceptors (Lipinski definition) is 3. The van der Waals surface area contributed by atoms with Crippen LogP contribution in [0.2, 0.25) is 0 Å². The number of aryl methyl sites for hydroxylation is 1. The standard InChI is InChI=1S/C23H23N3O2/c1-3-17-10-12-20(13-11-17)25-22(27)18-14-19(16-24-15-18)23(28)26(4-2)21-8-6-5-7-9-21/h5-16H,3-4H2,1-2H3,(H,25,27). The second kappa shape index (κ2) is 8.95. The molecule has 0 fully saturated rings. The van der Waals surface area contributed by atoms with Gasteiger partial charge in [-0.25, -0.2) is 0 Å². The van der Waals surface area contributed by atoms with Crippen molar-refractivity contribution in [1.29, 1.82) is 0 Å². The number of benzene rings is 2. The van der Waals surface area contributed by atoms with Crippen LogP contribution < -0.4 is 10.2 Å². The molecule has 0 aliphatic carbocycles. The molecule has 1 heterocycles. The lowest BCUT2D eigenvalue weighted by molar-refractivity contribution is 0.0988. The van der Waals surface area contributed by atoms with Crippen molar-refractivity contribution in [2.24, 2.45) is 0 Å². The SMILES string of the molecule is CCc1ccc(NC(=O)c2cncc(C(=O)N(CC)c3ccccc3)c2)cc1. The predicted molar refractivity (Wildman–Crippen MR) is 112 cm³/mol. The zero-order valence-corrected chi connectivity index (χ0v) is 16.1. The number of carbonyl (C=O) groups excluding carboxylic acids is 2. The Morgan fingerprint density at radius 1 is 0.929 bits per heavy atom. The molecule has 0 spiro atoms. The van der Waals surface area contributed by atoms with Gasteiger partial charge in [0.15, 0.2) is 0 Å². The first kappa shape index (κ1) is 19.3. The van der Waals surface area contributed by atoms with E-state index in [1.807, 2.05) is 61.5 Å². The first-order valence-electron chi connectivity index (χ1n) is 9.34. The van der Waals surface area contributed by atoms with Gasteiger partial charge in [0.1, 0.15) is 0 Å². The van der Waals surface area contributed by atoms with Gasteiger partial charge in [0.05, 0.1) is 11.1 Å². The summed E-state index contributed by atoms with van der Waals surface area (Å²) in [5, 5.41) is 2.85. The fraction of sp³-hybridized carbons (Fsp3) is 0.174. The van der Waals surface area contributed by atoms with Crippen molar-refractivity contribution in [1.82, 2.24) is 4.98 Å². The van der Waals surface area contributed by atoms with Gasteiger partial charge < -0.3 is 10.2 Å². The molecule has 1 N–H and O–H groups in total. The highest BCUT2D eigenvalue weighted by Gasteiger charge is 2.18. The molecule has 5 nitrogen and oxygen atoms in total. The molecular formula is C23H23N3O2. The summed E-state index contributed by atoms with van der Waals surface area (Å²) in [4.78, 5) is 31.3. The highest BCUT2D eigenvalue weighted by Crippen LogP contribution is 2.17. The van der Waals surface area contributed by atoms with Crippen LogP contribution in [-0.2, 0) is 6.42 Å². The minimum Gasteiger partial charge on any atom is -0.322 e. The molecule has 5 heteroatoms. The first-order valence-corrected chi connectivity index (χ1v) is 9.34. The third-order valence-corrected chi connectivity index (χ3v) is 4.50. The third-order valence-electron chi connectivity index (χ3n) is 4.50. The Morgan fingerprint density at radius 2 is 1.61 bits per heavy atom. The molecule has 2 aromatic carbocycles. The number of anilines is 2. The Kier molecular flexibility index (Phi) is 6.17. The number of amides is 2. The summed E-state index contributed by atoms with van der Waals surface area (Å²) < 4.78 is 0. The van der Waals surface area contributed by atoms with Gasteiger partial charge >= 0.3 is 0 Å². The van der Waals surface area contributed by atoms with Gasteiger partial charge in [-0.2, -0.15) is 0 Å². The topological polar surface area (TPSA) is 62.3 Å². The predicted octanol–water partition coefficient (Wildman–Crippen LogP) is 4.56. The van der Waals surface area contributed by atoms with Gasteiger partial charge in [-0.1, -0.05) is 37.3 Å². The van der Waals surface area contributed by atoms with Crippen molar-refractivity contribution >= 4 is 23.2 Å². The van der Waals surface area contributed by atoms with Crippen LogP contribution in [0.15, 0.2) is 73.1 Å². The molecule has 1 aromatic heterocycles. The van der Waals surface area contributed by atoms with Gasteiger partial charge in [-0.15, -0.1) is 0 Å². The molecular weight excluding hydrogens is 350 g/mol. The van der Waals surface area contributed by atoms with Crippen molar-refractivity contribution in [3.05, 3.63) is 89.7 Å². The summed E-state index contributed by atoms with van der Waals surface area (Å²) in [6.07, 6.45) is 3.89. The molecule has 0 saturated heterocycles. The van der Waals surface area contributed by atoms with Gasteiger partial charge in [0, 0.05) is 30.3 Å². The summed E-state index contributed by atoms with van der Waals surface area (Å²) >= 11 is 0. The van der Waals surface area contributed by atoms with E-state index < -0.39 is 0 Å². The second-order valence-corrected chi connectivity index (χ2v) is 6.35. The van der Waals surface area contributed by atoms with E-state index in [9.17, 15) is 9.59 Å². The average molecular weight is 373 g/mol. The van der Waals surface area contributed by atoms with E-state index in [1.54, 1.807) is 11.0 Å². The molecule has 3 rings (SSSR count). The van der Waals surface area contributed by atoms with E-state index in [4.69, 9.17) is 0 Å². The normalized spacial score (nSPS) is 10.4. The highest BCUT2D eigenvalue weighted by atomic mass is 16.2. The molecule has 2 amide bonds. The number of pyridine rings is 1. The van der Waals surface area contributed by atoms with Crippen LogP contribution in [0, 0.1) is 0 Å². The van der Waals surface area contributed by atoms with Gasteiger partial charge in [-0.3, -0.25) is 14.6 Å². The first-order chi connectivity index (χ1) is 13.6. The molecule has 3 aromatic rings. The number of nitrogens with zero attached hydrogens (tertiary/aromatic N) is 2. The van der Waals surface area contributed by atoms with Crippen LogP contribution in [0.3, 0.4) is 0 Å². The van der Waals surface area contributed by atoms with Crippen molar-refractivity contribution < 1.29 is 9.59 Å². The summed E-state index contributed by atoms with van der Waals surface area (Å²) in [7, 11) is 0. The zero-order chi connectivity index (χ0) is 19.9. The lowest BCUT2D eigenvalue weighted by Gasteiger charge is -2.21. The molecule has 142 valence electrons. The number of aromatic nitrogens is 1. The van der Waals surface area contributed by atoms with Crippen LogP contribution in [0.25, 0.3) is 0 Å². The van der Waals surface area contributed by atoms with Crippen LogP contribution in [0.5, 0.6) is 0 Å². The molecule has 0 aliphatic rings. The minimum absolute atomic E-state index is 0.192. The van der Waals surface area contributed by atoms with Crippen LogP contribution >= 0.6 is 0 Å². The maximum atomic E-state index is 12.9. The Morgan fingerprint density at radius 3 is 2.25 bits per heavy atom. The zero-order valence-electron chi connectivity index (χ0n) is 16.1. The van der Waals surface area contributed by atoms with E-state index in [2.05, 4.69) is 17.2 Å². The Hall–Kier alpha value is -3.47. The Labute approximate surface area is 165 Å². The number of hydrogen-bond donors (Lipinski definition) is 1. The number of carbonyl (C=O) groups is 2. The van der Waals surface area contributed by atoms with E-state index >= 15 is 0 Å². The van der Waals surface area contributed by atoms with E-state index in [0.29, 0.717) is 23.4 Å². The van der Waals surface area contributed by atoms with E-state index in [-0.39, 0.29) is 11.8 Å². The molecule has 0 atom stereocenters. The average Bonchev–Trinajstić information content (AvgIpc) is 2.75. The van der Waals surface area contributed by atoms with Crippen LogP contribution in [0.4, 0.5) is 11.4 Å². The summed E-state index contributed by atoms with van der Waals surface area (Å²) in [6, 6.07) is 18.7. The monoisotopic (exact) mass is 373 g/mol. The van der Waals surface area contributed by atoms with E-state index in [0.717, 1.165) is 12.1 Å². The largest absolute Gasteiger partial charge is 0.322 e. The van der Waals surface area contributed by atoms with Crippen LogP contribution in [-0.4, -0.2) is 23.3 Å². The molecule has 28 heavy (non-hydrogen) atoms. The number of nitrogens with one attached hydrogen (secondary N) is 1. The van der Waals surface area contributed by atoms with Gasteiger partial charge in [0.2, 0.25) is 0 Å². The molecule has 0 radical (unpaired) electrons. The fourth-order valence-corrected chi connectivity index (χ4v) is 2.92. The van der Waals surface area contributed by atoms with Crippen molar-refractivity contribution in [3.63, 3.8) is 0 Å². The fourth-order valence-electron chi connectivity index (χ4n) is 2.92. The summed E-state index contributed by atoms with van der Waals surface area (Å²) in [5.74, 6) is -0.489. The van der Waals surface area contributed by atoms with Crippen molar-refractivity contribution in [3.8, 4) is 0 Å². The van der Waals surface area contributed by atoms with Crippen molar-refractivity contribution in [2.45, 2.75) is 20.3 Å². The molecule has 0 aliphatic heterocycles. The Balaban J connectivity index is 1.78. The van der Waals surface area contributed by atoms with Gasteiger partial charge in [-0.05, 0) is 49.2 Å².